The van der Waals surface area contributed by atoms with Gasteiger partial charge in [-0.1, -0.05) is 36.4 Å². The van der Waals surface area contributed by atoms with Crippen molar-refractivity contribution in [3.05, 3.63) is 63.6 Å². The third-order valence-corrected chi connectivity index (χ3v) is 4.36. The van der Waals surface area contributed by atoms with Gasteiger partial charge in [0.15, 0.2) is 0 Å². The number of rotatable bonds is 1. The van der Waals surface area contributed by atoms with Gasteiger partial charge >= 0.3 is 0 Å². The summed E-state index contributed by atoms with van der Waals surface area (Å²) in [5.41, 5.74) is 4.51. The molecule has 0 amide bonds. The van der Waals surface area contributed by atoms with Crippen LogP contribution in [0.15, 0.2) is 46.9 Å². The van der Waals surface area contributed by atoms with E-state index in [0.29, 0.717) is 5.84 Å². The molecule has 0 fully saturated rings. The summed E-state index contributed by atoms with van der Waals surface area (Å²) in [6.45, 7) is 2.84. The normalized spacial score (nSPS) is 13.9. The van der Waals surface area contributed by atoms with Crippen molar-refractivity contribution < 1.29 is 0 Å². The lowest BCUT2D eigenvalue weighted by Gasteiger charge is -2.20. The quantitative estimate of drug-likeness (QED) is 0.843. The monoisotopic (exact) mass is 300 g/mol. The minimum Gasteiger partial charge on any atom is -0.321 e. The topological polar surface area (TPSA) is 27.1 Å². The predicted octanol–water partition coefficient (Wildman–Crippen LogP) is 4.10. The molecular weight excluding hydrogens is 288 g/mol. The Hall–Kier alpha value is -1.61. The highest BCUT2D eigenvalue weighted by atomic mass is 79.9. The van der Waals surface area contributed by atoms with E-state index in [1.54, 1.807) is 0 Å². The molecule has 0 unspecified atom stereocenters. The fourth-order valence-electron chi connectivity index (χ4n) is 2.33. The van der Waals surface area contributed by atoms with E-state index in [0.717, 1.165) is 22.3 Å². The fourth-order valence-corrected chi connectivity index (χ4v) is 2.81. The van der Waals surface area contributed by atoms with Crippen LogP contribution in [-0.4, -0.2) is 5.84 Å². The van der Waals surface area contributed by atoms with E-state index in [1.807, 2.05) is 29.2 Å². The van der Waals surface area contributed by atoms with Gasteiger partial charge in [0.25, 0.3) is 0 Å². The number of hydrogen-bond acceptors (Lipinski definition) is 1. The van der Waals surface area contributed by atoms with Crippen LogP contribution < -0.4 is 4.90 Å². The third kappa shape index (κ3) is 1.66. The molecule has 1 heterocycles. The molecule has 3 rings (SSSR count). The summed E-state index contributed by atoms with van der Waals surface area (Å²) in [5.74, 6) is 0.580. The highest BCUT2D eigenvalue weighted by molar-refractivity contribution is 9.10. The number of aryl methyl sites for hydroxylation is 1. The zero-order valence-corrected chi connectivity index (χ0v) is 11.7. The van der Waals surface area contributed by atoms with Crippen molar-refractivity contribution in [2.45, 2.75) is 13.5 Å². The first-order valence-corrected chi connectivity index (χ1v) is 6.67. The number of halogens is 1. The van der Waals surface area contributed by atoms with Crippen molar-refractivity contribution in [2.75, 3.05) is 4.90 Å². The molecule has 0 aliphatic carbocycles. The van der Waals surface area contributed by atoms with Gasteiger partial charge in [-0.3, -0.25) is 5.41 Å². The van der Waals surface area contributed by atoms with Crippen LogP contribution in [-0.2, 0) is 6.54 Å². The Morgan fingerprint density at radius 2 is 1.89 bits per heavy atom. The fraction of sp³-hybridized carbons (Fsp3) is 0.133. The molecule has 0 radical (unpaired) electrons. The van der Waals surface area contributed by atoms with Crippen molar-refractivity contribution in [2.24, 2.45) is 0 Å². The Labute approximate surface area is 115 Å². The molecule has 1 aliphatic heterocycles. The summed E-state index contributed by atoms with van der Waals surface area (Å²) in [7, 11) is 0. The summed E-state index contributed by atoms with van der Waals surface area (Å²) in [5, 5.41) is 8.30. The van der Waals surface area contributed by atoms with Gasteiger partial charge in [0, 0.05) is 10.0 Å². The molecule has 2 aromatic carbocycles. The number of benzene rings is 2. The molecule has 0 atom stereocenters. The van der Waals surface area contributed by atoms with Crippen LogP contribution in [0.25, 0.3) is 0 Å². The van der Waals surface area contributed by atoms with E-state index in [9.17, 15) is 0 Å². The number of anilines is 1. The van der Waals surface area contributed by atoms with Crippen molar-refractivity contribution >= 4 is 27.5 Å². The average Bonchev–Trinajstić information content (AvgIpc) is 2.71. The van der Waals surface area contributed by atoms with Crippen LogP contribution in [0.2, 0.25) is 0 Å². The van der Waals surface area contributed by atoms with E-state index in [2.05, 4.69) is 41.1 Å². The van der Waals surface area contributed by atoms with Crippen molar-refractivity contribution in [3.63, 3.8) is 0 Å². The molecule has 3 heteroatoms. The molecule has 90 valence electrons. The van der Waals surface area contributed by atoms with Gasteiger partial charge in [-0.2, -0.15) is 0 Å². The van der Waals surface area contributed by atoms with Crippen molar-refractivity contribution in [3.8, 4) is 0 Å². The van der Waals surface area contributed by atoms with Gasteiger partial charge in [-0.15, -0.1) is 0 Å². The van der Waals surface area contributed by atoms with E-state index >= 15 is 0 Å². The number of hydrogen-bond donors (Lipinski definition) is 1. The Bertz CT molecular complexity index is 634. The number of fused-ring (bicyclic) bond motifs is 1. The summed E-state index contributed by atoms with van der Waals surface area (Å²) in [6.07, 6.45) is 0. The second kappa shape index (κ2) is 4.25. The van der Waals surface area contributed by atoms with E-state index < -0.39 is 0 Å². The molecule has 1 aliphatic rings. The molecule has 0 bridgehead atoms. The summed E-state index contributed by atoms with van der Waals surface area (Å²) in [6, 6.07) is 14.3. The summed E-state index contributed by atoms with van der Waals surface area (Å²) < 4.78 is 1.07. The third-order valence-electron chi connectivity index (χ3n) is 3.33. The maximum absolute atomic E-state index is 8.30. The molecule has 0 spiro atoms. The first-order valence-electron chi connectivity index (χ1n) is 5.88. The minimum atomic E-state index is 0.580. The molecule has 18 heavy (non-hydrogen) atoms. The number of nitrogens with zero attached hydrogens (tertiary/aromatic N) is 1. The minimum absolute atomic E-state index is 0.580. The SMILES string of the molecule is Cc1cccc(N2Cc3ccccc3C2=N)c1Br. The zero-order chi connectivity index (χ0) is 12.7. The summed E-state index contributed by atoms with van der Waals surface area (Å²) in [4.78, 5) is 2.04. The van der Waals surface area contributed by atoms with Crippen molar-refractivity contribution in [1.82, 2.24) is 0 Å². The van der Waals surface area contributed by atoms with E-state index in [-0.39, 0.29) is 0 Å². The van der Waals surface area contributed by atoms with E-state index in [1.165, 1.54) is 11.1 Å². The standard InChI is InChI=1S/C15H13BrN2/c1-10-5-4-8-13(14(10)16)18-9-11-6-2-3-7-12(11)15(18)17/h2-8,17H,9H2,1H3. The highest BCUT2D eigenvalue weighted by Gasteiger charge is 2.26. The van der Waals surface area contributed by atoms with Gasteiger partial charge in [-0.05, 0) is 40.0 Å². The van der Waals surface area contributed by atoms with Crippen LogP contribution in [0, 0.1) is 12.3 Å². The second-order valence-corrected chi connectivity index (χ2v) is 5.29. The Kier molecular flexibility index (Phi) is 2.71. The van der Waals surface area contributed by atoms with Gasteiger partial charge in [-0.25, -0.2) is 0 Å². The lowest BCUT2D eigenvalue weighted by atomic mass is 10.1. The largest absolute Gasteiger partial charge is 0.321 e. The highest BCUT2D eigenvalue weighted by Crippen LogP contribution is 2.34. The Morgan fingerprint density at radius 1 is 1.11 bits per heavy atom. The molecule has 2 aromatic rings. The molecule has 0 saturated carbocycles. The van der Waals surface area contributed by atoms with Crippen LogP contribution in [0.1, 0.15) is 16.7 Å². The van der Waals surface area contributed by atoms with Crippen LogP contribution >= 0.6 is 15.9 Å². The smallest absolute Gasteiger partial charge is 0.133 e. The van der Waals surface area contributed by atoms with Gasteiger partial charge in [0.2, 0.25) is 0 Å². The lowest BCUT2D eigenvalue weighted by Crippen LogP contribution is -2.23. The van der Waals surface area contributed by atoms with Crippen LogP contribution in [0.5, 0.6) is 0 Å². The Balaban J connectivity index is 2.07. The first kappa shape index (κ1) is 11.5. The summed E-state index contributed by atoms with van der Waals surface area (Å²) >= 11 is 3.62. The van der Waals surface area contributed by atoms with Crippen LogP contribution in [0.4, 0.5) is 5.69 Å². The second-order valence-electron chi connectivity index (χ2n) is 4.50. The maximum Gasteiger partial charge on any atom is 0.133 e. The van der Waals surface area contributed by atoms with Gasteiger partial charge in [0.1, 0.15) is 5.84 Å². The van der Waals surface area contributed by atoms with E-state index in [4.69, 9.17) is 5.41 Å². The molecular formula is C15H13BrN2. The predicted molar refractivity (Wildman–Crippen MR) is 78.3 cm³/mol. The molecule has 2 nitrogen and oxygen atoms in total. The lowest BCUT2D eigenvalue weighted by molar-refractivity contribution is 1.04. The Morgan fingerprint density at radius 3 is 2.67 bits per heavy atom. The first-order chi connectivity index (χ1) is 8.68. The van der Waals surface area contributed by atoms with Crippen LogP contribution in [0.3, 0.4) is 0 Å². The number of nitrogens with one attached hydrogen (secondary N) is 1. The van der Waals surface area contributed by atoms with Gasteiger partial charge < -0.3 is 4.90 Å². The number of amidine groups is 1. The van der Waals surface area contributed by atoms with Gasteiger partial charge in [0.05, 0.1) is 12.2 Å². The molecule has 0 saturated heterocycles. The zero-order valence-electron chi connectivity index (χ0n) is 10.1. The maximum atomic E-state index is 8.30. The van der Waals surface area contributed by atoms with Crippen molar-refractivity contribution in [1.29, 1.82) is 5.41 Å². The average molecular weight is 301 g/mol. The molecule has 0 aromatic heterocycles. The molecule has 1 N–H and O–H groups in total.